The third-order valence-electron chi connectivity index (χ3n) is 2.79. The fraction of sp³-hybridized carbons (Fsp3) is 0.385. The molecule has 0 unspecified atom stereocenters. The van der Waals surface area contributed by atoms with Gasteiger partial charge in [-0.1, -0.05) is 18.1 Å². The minimum absolute atomic E-state index is 0.0144. The number of nitro groups is 1. The van der Waals surface area contributed by atoms with E-state index >= 15 is 0 Å². The molecule has 0 atom stereocenters. The Hall–Kier alpha value is -2.48. The van der Waals surface area contributed by atoms with Crippen molar-refractivity contribution >= 4 is 5.69 Å². The SMILES string of the molecule is CCCc1noc(COc2ccc(CN)cc2[N+](=O)[O-])n1. The molecule has 8 nitrogen and oxygen atoms in total. The van der Waals surface area contributed by atoms with Gasteiger partial charge in [-0.2, -0.15) is 4.98 Å². The molecular formula is C13H16N4O4. The smallest absolute Gasteiger partial charge is 0.311 e. The lowest BCUT2D eigenvalue weighted by atomic mass is 10.2. The van der Waals surface area contributed by atoms with Crippen LogP contribution in [-0.4, -0.2) is 15.1 Å². The van der Waals surface area contributed by atoms with Gasteiger partial charge in [0.05, 0.1) is 4.92 Å². The second-order valence-corrected chi connectivity index (χ2v) is 4.41. The summed E-state index contributed by atoms with van der Waals surface area (Å²) in [4.78, 5) is 14.6. The van der Waals surface area contributed by atoms with Gasteiger partial charge in [0.15, 0.2) is 18.2 Å². The number of hydrogen-bond acceptors (Lipinski definition) is 7. The summed E-state index contributed by atoms with van der Waals surface area (Å²) in [5.41, 5.74) is 6.00. The number of nitrogens with zero attached hydrogens (tertiary/aromatic N) is 3. The van der Waals surface area contributed by atoms with Crippen molar-refractivity contribution in [3.63, 3.8) is 0 Å². The Morgan fingerprint density at radius 1 is 1.48 bits per heavy atom. The Labute approximate surface area is 121 Å². The zero-order valence-electron chi connectivity index (χ0n) is 11.6. The molecule has 2 aromatic rings. The predicted octanol–water partition coefficient (Wildman–Crippen LogP) is 1.97. The summed E-state index contributed by atoms with van der Waals surface area (Å²) in [5, 5.41) is 14.8. The quantitative estimate of drug-likeness (QED) is 0.612. The van der Waals surface area contributed by atoms with Gasteiger partial charge in [0, 0.05) is 19.0 Å². The van der Waals surface area contributed by atoms with Crippen molar-refractivity contribution in [2.24, 2.45) is 5.73 Å². The van der Waals surface area contributed by atoms with Crippen LogP contribution in [-0.2, 0) is 19.6 Å². The van der Waals surface area contributed by atoms with Crippen molar-refractivity contribution in [2.75, 3.05) is 0 Å². The molecule has 0 spiro atoms. The highest BCUT2D eigenvalue weighted by Gasteiger charge is 2.17. The summed E-state index contributed by atoms with van der Waals surface area (Å²) < 4.78 is 10.4. The van der Waals surface area contributed by atoms with Gasteiger partial charge in [0.1, 0.15) is 0 Å². The molecule has 1 aromatic carbocycles. The minimum atomic E-state index is -0.509. The van der Waals surface area contributed by atoms with Gasteiger partial charge in [0.25, 0.3) is 5.89 Å². The van der Waals surface area contributed by atoms with Crippen molar-refractivity contribution in [1.82, 2.24) is 10.1 Å². The van der Waals surface area contributed by atoms with Crippen LogP contribution < -0.4 is 10.5 Å². The van der Waals surface area contributed by atoms with Crippen molar-refractivity contribution in [3.05, 3.63) is 45.6 Å². The van der Waals surface area contributed by atoms with Crippen LogP contribution in [0.1, 0.15) is 30.6 Å². The standard InChI is InChI=1S/C13H16N4O4/c1-2-3-12-15-13(21-16-12)8-20-11-5-4-9(7-14)6-10(11)17(18)19/h4-6H,2-3,7-8,14H2,1H3. The van der Waals surface area contributed by atoms with E-state index in [-0.39, 0.29) is 30.5 Å². The summed E-state index contributed by atoms with van der Waals surface area (Å²) >= 11 is 0. The summed E-state index contributed by atoms with van der Waals surface area (Å²) in [6, 6.07) is 4.59. The van der Waals surface area contributed by atoms with Crippen molar-refractivity contribution in [3.8, 4) is 5.75 Å². The number of nitro benzene ring substituents is 1. The van der Waals surface area contributed by atoms with Gasteiger partial charge in [-0.15, -0.1) is 0 Å². The molecule has 0 aliphatic rings. The Balaban J connectivity index is 2.09. The lowest BCUT2D eigenvalue weighted by molar-refractivity contribution is -0.386. The first-order valence-electron chi connectivity index (χ1n) is 6.55. The van der Waals surface area contributed by atoms with Crippen LogP contribution in [0.4, 0.5) is 5.69 Å². The first kappa shape index (κ1) is 14.9. The van der Waals surface area contributed by atoms with Crippen molar-refractivity contribution in [2.45, 2.75) is 32.9 Å². The average Bonchev–Trinajstić information content (AvgIpc) is 2.93. The number of benzene rings is 1. The maximum atomic E-state index is 11.0. The highest BCUT2D eigenvalue weighted by Crippen LogP contribution is 2.28. The minimum Gasteiger partial charge on any atom is -0.477 e. The molecular weight excluding hydrogens is 276 g/mol. The van der Waals surface area contributed by atoms with Gasteiger partial charge in [0.2, 0.25) is 0 Å². The summed E-state index contributed by atoms with van der Waals surface area (Å²) in [7, 11) is 0. The third-order valence-corrected chi connectivity index (χ3v) is 2.79. The van der Waals surface area contributed by atoms with Crippen molar-refractivity contribution in [1.29, 1.82) is 0 Å². The van der Waals surface area contributed by atoms with E-state index in [0.717, 1.165) is 12.8 Å². The van der Waals surface area contributed by atoms with Crippen molar-refractivity contribution < 1.29 is 14.2 Å². The zero-order valence-corrected chi connectivity index (χ0v) is 11.6. The van der Waals surface area contributed by atoms with Crippen LogP contribution in [0.2, 0.25) is 0 Å². The molecule has 0 radical (unpaired) electrons. The van der Waals surface area contributed by atoms with Gasteiger partial charge in [-0.25, -0.2) is 0 Å². The van der Waals surface area contributed by atoms with E-state index < -0.39 is 4.92 Å². The van der Waals surface area contributed by atoms with E-state index in [1.165, 1.54) is 12.1 Å². The lowest BCUT2D eigenvalue weighted by Gasteiger charge is -2.05. The second-order valence-electron chi connectivity index (χ2n) is 4.41. The molecule has 2 rings (SSSR count). The summed E-state index contributed by atoms with van der Waals surface area (Å²) in [5.74, 6) is 1.03. The number of ether oxygens (including phenoxy) is 1. The Bertz CT molecular complexity index is 626. The van der Waals surface area contributed by atoms with Crippen LogP contribution in [0.3, 0.4) is 0 Å². The molecule has 0 fully saturated rings. The monoisotopic (exact) mass is 292 g/mol. The molecule has 0 aliphatic heterocycles. The molecule has 8 heteroatoms. The van der Waals surface area contributed by atoms with Crippen LogP contribution in [0.25, 0.3) is 0 Å². The van der Waals surface area contributed by atoms with E-state index in [0.29, 0.717) is 11.4 Å². The fourth-order valence-electron chi connectivity index (χ4n) is 1.77. The Morgan fingerprint density at radius 3 is 2.95 bits per heavy atom. The Morgan fingerprint density at radius 2 is 2.29 bits per heavy atom. The maximum Gasteiger partial charge on any atom is 0.311 e. The number of nitrogens with two attached hydrogens (primary N) is 1. The van der Waals surface area contributed by atoms with Crippen LogP contribution in [0.15, 0.2) is 22.7 Å². The van der Waals surface area contributed by atoms with E-state index in [1.54, 1.807) is 6.07 Å². The first-order chi connectivity index (χ1) is 10.1. The van der Waals surface area contributed by atoms with Crippen LogP contribution >= 0.6 is 0 Å². The maximum absolute atomic E-state index is 11.0. The summed E-state index contributed by atoms with van der Waals surface area (Å²) in [6.45, 7) is 2.22. The topological polar surface area (TPSA) is 117 Å². The molecule has 112 valence electrons. The normalized spacial score (nSPS) is 10.6. The lowest BCUT2D eigenvalue weighted by Crippen LogP contribution is -2.02. The molecule has 1 aromatic heterocycles. The highest BCUT2D eigenvalue weighted by atomic mass is 16.6. The molecule has 1 heterocycles. The summed E-state index contributed by atoms with van der Waals surface area (Å²) in [6.07, 6.45) is 1.63. The molecule has 0 amide bonds. The van der Waals surface area contributed by atoms with E-state index in [4.69, 9.17) is 15.0 Å². The van der Waals surface area contributed by atoms with Crippen LogP contribution in [0.5, 0.6) is 5.75 Å². The number of aryl methyl sites for hydroxylation is 1. The van der Waals surface area contributed by atoms with Gasteiger partial charge in [-0.3, -0.25) is 10.1 Å². The highest BCUT2D eigenvalue weighted by molar-refractivity contribution is 5.48. The molecule has 0 saturated heterocycles. The first-order valence-corrected chi connectivity index (χ1v) is 6.55. The predicted molar refractivity (Wildman–Crippen MR) is 73.6 cm³/mol. The zero-order chi connectivity index (χ0) is 15.2. The largest absolute Gasteiger partial charge is 0.477 e. The van der Waals surface area contributed by atoms with E-state index in [1.807, 2.05) is 6.92 Å². The second kappa shape index (κ2) is 6.80. The molecule has 0 bridgehead atoms. The fourth-order valence-corrected chi connectivity index (χ4v) is 1.77. The molecule has 0 saturated carbocycles. The van der Waals surface area contributed by atoms with Gasteiger partial charge >= 0.3 is 5.69 Å². The van der Waals surface area contributed by atoms with Crippen LogP contribution in [0, 0.1) is 10.1 Å². The number of rotatable bonds is 7. The molecule has 21 heavy (non-hydrogen) atoms. The van der Waals surface area contributed by atoms with E-state index in [9.17, 15) is 10.1 Å². The number of aromatic nitrogens is 2. The molecule has 0 aliphatic carbocycles. The van der Waals surface area contributed by atoms with Gasteiger partial charge in [-0.05, 0) is 18.1 Å². The Kier molecular flexibility index (Phi) is 4.83. The average molecular weight is 292 g/mol. The van der Waals surface area contributed by atoms with E-state index in [2.05, 4.69) is 10.1 Å². The number of hydrogen-bond donors (Lipinski definition) is 1. The third kappa shape index (κ3) is 3.76. The molecule has 2 N–H and O–H groups in total. The van der Waals surface area contributed by atoms with Gasteiger partial charge < -0.3 is 15.0 Å².